The van der Waals surface area contributed by atoms with Gasteiger partial charge in [0.25, 0.3) is 0 Å². The maximum Gasteiger partial charge on any atom is 0.134 e. The van der Waals surface area contributed by atoms with Crippen LogP contribution in [0, 0.1) is 6.92 Å². The monoisotopic (exact) mass is 198 g/mol. The van der Waals surface area contributed by atoms with E-state index >= 15 is 0 Å². The lowest BCUT2D eigenvalue weighted by Gasteiger charge is -2.21. The van der Waals surface area contributed by atoms with Crippen molar-refractivity contribution >= 4 is 0 Å². The molecule has 4 nitrogen and oxygen atoms in total. The number of hydrogen-bond acceptors (Lipinski definition) is 4. The van der Waals surface area contributed by atoms with Crippen LogP contribution >= 0.6 is 0 Å². The molecule has 14 heavy (non-hydrogen) atoms. The molecule has 0 aliphatic carbocycles. The van der Waals surface area contributed by atoms with Gasteiger partial charge in [-0.1, -0.05) is 12.1 Å². The van der Waals surface area contributed by atoms with Gasteiger partial charge in [0.2, 0.25) is 0 Å². The molecule has 0 saturated heterocycles. The van der Waals surface area contributed by atoms with E-state index in [1.807, 2.05) is 26.8 Å². The first-order valence-corrected chi connectivity index (χ1v) is 4.82. The summed E-state index contributed by atoms with van der Waals surface area (Å²) in [6.07, 6.45) is 0.894. The third-order valence-electron chi connectivity index (χ3n) is 2.17. The van der Waals surface area contributed by atoms with Gasteiger partial charge in [-0.15, -0.1) is 0 Å². The zero-order chi connectivity index (χ0) is 10.6. The lowest BCUT2D eigenvalue weighted by Crippen LogP contribution is -2.40. The van der Waals surface area contributed by atoms with Crippen molar-refractivity contribution in [2.75, 3.05) is 6.61 Å². The number of nitrogens with two attached hydrogens (primary N) is 1. The second kappa shape index (κ2) is 4.57. The minimum absolute atomic E-state index is 0.251. The first-order valence-electron chi connectivity index (χ1n) is 4.82. The fourth-order valence-corrected chi connectivity index (χ4v) is 0.977. The van der Waals surface area contributed by atoms with Gasteiger partial charge >= 0.3 is 0 Å². The van der Waals surface area contributed by atoms with Crippen molar-refractivity contribution < 1.29 is 9.26 Å². The molecule has 0 aliphatic heterocycles. The molecule has 0 fully saturated rings. The first-order chi connectivity index (χ1) is 6.53. The summed E-state index contributed by atoms with van der Waals surface area (Å²) in [5.41, 5.74) is 6.48. The largest absolute Gasteiger partial charge is 0.373 e. The molecule has 1 aromatic rings. The SMILES string of the molecule is CCC(C)(N)COCc1cc(C)on1. The van der Waals surface area contributed by atoms with Crippen molar-refractivity contribution in [1.29, 1.82) is 0 Å². The molecule has 2 N–H and O–H groups in total. The predicted molar refractivity (Wildman–Crippen MR) is 53.8 cm³/mol. The number of nitrogens with zero attached hydrogens (tertiary/aromatic N) is 1. The van der Waals surface area contributed by atoms with Crippen LogP contribution in [0.25, 0.3) is 0 Å². The molecule has 1 aromatic heterocycles. The van der Waals surface area contributed by atoms with Gasteiger partial charge in [0, 0.05) is 11.6 Å². The Labute approximate surface area is 84.4 Å². The molecule has 0 bridgehead atoms. The molecule has 1 atom stereocenters. The van der Waals surface area contributed by atoms with E-state index in [0.29, 0.717) is 13.2 Å². The number of hydrogen-bond donors (Lipinski definition) is 1. The van der Waals surface area contributed by atoms with Gasteiger partial charge in [-0.25, -0.2) is 0 Å². The second-order valence-electron chi connectivity index (χ2n) is 3.93. The lowest BCUT2D eigenvalue weighted by molar-refractivity contribution is 0.0741. The topological polar surface area (TPSA) is 61.3 Å². The Kier molecular flexibility index (Phi) is 3.66. The van der Waals surface area contributed by atoms with Crippen molar-refractivity contribution in [3.63, 3.8) is 0 Å². The van der Waals surface area contributed by atoms with Gasteiger partial charge in [0.1, 0.15) is 11.5 Å². The third-order valence-corrected chi connectivity index (χ3v) is 2.17. The van der Waals surface area contributed by atoms with Crippen LogP contribution in [0.1, 0.15) is 31.7 Å². The van der Waals surface area contributed by atoms with Crippen molar-refractivity contribution in [1.82, 2.24) is 5.16 Å². The first kappa shape index (κ1) is 11.2. The summed E-state index contributed by atoms with van der Waals surface area (Å²) < 4.78 is 10.4. The van der Waals surface area contributed by atoms with Gasteiger partial charge in [-0.2, -0.15) is 0 Å². The average Bonchev–Trinajstić information content (AvgIpc) is 2.51. The Bertz CT molecular complexity index is 281. The maximum absolute atomic E-state index is 5.92. The van der Waals surface area contributed by atoms with E-state index in [4.69, 9.17) is 15.0 Å². The van der Waals surface area contributed by atoms with Crippen LogP contribution in [0.3, 0.4) is 0 Å². The molecular formula is C10H18N2O2. The average molecular weight is 198 g/mol. The number of ether oxygens (including phenoxy) is 1. The highest BCUT2D eigenvalue weighted by Crippen LogP contribution is 2.08. The molecule has 0 amide bonds. The van der Waals surface area contributed by atoms with Crippen molar-refractivity contribution in [3.05, 3.63) is 17.5 Å². The molecule has 80 valence electrons. The number of aryl methyl sites for hydroxylation is 1. The zero-order valence-corrected chi connectivity index (χ0v) is 9.04. The van der Waals surface area contributed by atoms with Crippen LogP contribution in [0.5, 0.6) is 0 Å². The van der Waals surface area contributed by atoms with Gasteiger partial charge < -0.3 is 15.0 Å². The molecular weight excluding hydrogens is 180 g/mol. The minimum atomic E-state index is -0.251. The quantitative estimate of drug-likeness (QED) is 0.781. The van der Waals surface area contributed by atoms with Gasteiger partial charge in [-0.3, -0.25) is 0 Å². The van der Waals surface area contributed by atoms with Gasteiger partial charge in [0.15, 0.2) is 0 Å². The van der Waals surface area contributed by atoms with E-state index in [1.165, 1.54) is 0 Å². The van der Waals surface area contributed by atoms with Crippen molar-refractivity contribution in [3.8, 4) is 0 Å². The summed E-state index contributed by atoms with van der Waals surface area (Å²) in [7, 11) is 0. The lowest BCUT2D eigenvalue weighted by atomic mass is 10.0. The zero-order valence-electron chi connectivity index (χ0n) is 9.04. The molecule has 1 rings (SSSR count). The van der Waals surface area contributed by atoms with E-state index in [-0.39, 0.29) is 5.54 Å². The highest BCUT2D eigenvalue weighted by atomic mass is 16.5. The summed E-state index contributed by atoms with van der Waals surface area (Å²) in [6, 6.07) is 1.86. The maximum atomic E-state index is 5.92. The molecule has 0 spiro atoms. The van der Waals surface area contributed by atoms with Crippen LogP contribution in [-0.4, -0.2) is 17.3 Å². The molecule has 0 aromatic carbocycles. The van der Waals surface area contributed by atoms with E-state index in [2.05, 4.69) is 5.16 Å². The normalized spacial score (nSPS) is 15.4. The summed E-state index contributed by atoms with van der Waals surface area (Å²) in [5.74, 6) is 0.801. The molecule has 0 saturated carbocycles. The summed E-state index contributed by atoms with van der Waals surface area (Å²) in [5, 5.41) is 3.82. The van der Waals surface area contributed by atoms with Gasteiger partial charge in [-0.05, 0) is 20.3 Å². The predicted octanol–water partition coefficient (Wildman–Crippen LogP) is 1.63. The van der Waals surface area contributed by atoms with E-state index in [1.54, 1.807) is 0 Å². The van der Waals surface area contributed by atoms with E-state index < -0.39 is 0 Å². The van der Waals surface area contributed by atoms with Gasteiger partial charge in [0.05, 0.1) is 13.2 Å². The molecule has 0 radical (unpaired) electrons. The standard InChI is InChI=1S/C10H18N2O2/c1-4-10(3,11)7-13-6-9-5-8(2)14-12-9/h5H,4,6-7,11H2,1-3H3. The van der Waals surface area contributed by atoms with Crippen molar-refractivity contribution in [2.24, 2.45) is 5.73 Å². The number of rotatable bonds is 5. The van der Waals surface area contributed by atoms with Crippen LogP contribution < -0.4 is 5.73 Å². The van der Waals surface area contributed by atoms with E-state index in [9.17, 15) is 0 Å². The Balaban J connectivity index is 2.28. The Morgan fingerprint density at radius 1 is 1.64 bits per heavy atom. The molecule has 1 heterocycles. The highest BCUT2D eigenvalue weighted by Gasteiger charge is 2.15. The molecule has 4 heteroatoms. The highest BCUT2D eigenvalue weighted by molar-refractivity contribution is 5.01. The number of aromatic nitrogens is 1. The third kappa shape index (κ3) is 3.47. The van der Waals surface area contributed by atoms with Crippen LogP contribution in [0.15, 0.2) is 10.6 Å². The summed E-state index contributed by atoms with van der Waals surface area (Å²) >= 11 is 0. The fraction of sp³-hybridized carbons (Fsp3) is 0.700. The fourth-order valence-electron chi connectivity index (χ4n) is 0.977. The summed E-state index contributed by atoms with van der Waals surface area (Å²) in [4.78, 5) is 0. The Hall–Kier alpha value is -0.870. The van der Waals surface area contributed by atoms with Crippen LogP contribution in [0.4, 0.5) is 0 Å². The van der Waals surface area contributed by atoms with Crippen LogP contribution in [-0.2, 0) is 11.3 Å². The Morgan fingerprint density at radius 3 is 2.86 bits per heavy atom. The van der Waals surface area contributed by atoms with Crippen molar-refractivity contribution in [2.45, 2.75) is 39.3 Å². The summed E-state index contributed by atoms with van der Waals surface area (Å²) in [6.45, 7) is 6.87. The molecule has 1 unspecified atom stereocenters. The van der Waals surface area contributed by atoms with E-state index in [0.717, 1.165) is 17.9 Å². The minimum Gasteiger partial charge on any atom is -0.373 e. The van der Waals surface area contributed by atoms with Crippen LogP contribution in [0.2, 0.25) is 0 Å². The smallest absolute Gasteiger partial charge is 0.134 e. The second-order valence-corrected chi connectivity index (χ2v) is 3.93. The Morgan fingerprint density at radius 2 is 2.36 bits per heavy atom. The molecule has 0 aliphatic rings.